The molecule has 7 nitrogen and oxygen atoms in total. The molecule has 0 bridgehead atoms. The first-order chi connectivity index (χ1) is 13.8. The van der Waals surface area contributed by atoms with E-state index >= 15 is 0 Å². The zero-order valence-corrected chi connectivity index (χ0v) is 18.2. The maximum absolute atomic E-state index is 13.7. The number of hydrogen-bond donors (Lipinski definition) is 1. The molecule has 0 radical (unpaired) electrons. The summed E-state index contributed by atoms with van der Waals surface area (Å²) in [6.45, 7) is 1.89. The first-order valence-corrected chi connectivity index (χ1v) is 11.2. The highest BCUT2D eigenvalue weighted by molar-refractivity contribution is 9.10. The van der Waals surface area contributed by atoms with Gasteiger partial charge >= 0.3 is 0 Å². The summed E-state index contributed by atoms with van der Waals surface area (Å²) in [5.41, 5.74) is 0.423. The molecule has 2 aromatic rings. The second-order valence-electron chi connectivity index (χ2n) is 6.64. The lowest BCUT2D eigenvalue weighted by Crippen LogP contribution is -2.46. The third-order valence-corrected chi connectivity index (χ3v) is 6.90. The van der Waals surface area contributed by atoms with Crippen molar-refractivity contribution in [2.75, 3.05) is 45.2 Å². The van der Waals surface area contributed by atoms with Crippen LogP contribution in [0, 0.1) is 5.82 Å². The van der Waals surface area contributed by atoms with Crippen molar-refractivity contribution in [2.24, 2.45) is 0 Å². The Labute approximate surface area is 177 Å². The van der Waals surface area contributed by atoms with Crippen LogP contribution in [0.5, 0.6) is 5.75 Å². The minimum Gasteiger partial charge on any atom is -0.481 e. The summed E-state index contributed by atoms with van der Waals surface area (Å²) in [6, 6.07) is 10.2. The van der Waals surface area contributed by atoms with Gasteiger partial charge in [-0.2, -0.15) is 4.31 Å². The van der Waals surface area contributed by atoms with Crippen molar-refractivity contribution >= 4 is 37.5 Å². The van der Waals surface area contributed by atoms with E-state index in [0.717, 1.165) is 0 Å². The summed E-state index contributed by atoms with van der Waals surface area (Å²) in [5.74, 6) is -1.09. The lowest BCUT2D eigenvalue weighted by atomic mass is 10.3. The highest BCUT2D eigenvalue weighted by Gasteiger charge is 2.27. The van der Waals surface area contributed by atoms with Gasteiger partial charge < -0.3 is 15.0 Å². The number of amides is 1. The first kappa shape index (κ1) is 21.7. The fourth-order valence-electron chi connectivity index (χ4n) is 2.82. The molecule has 0 spiro atoms. The van der Waals surface area contributed by atoms with Gasteiger partial charge in [0.25, 0.3) is 5.91 Å². The molecule has 0 unspecified atom stereocenters. The largest absolute Gasteiger partial charge is 0.481 e. The van der Waals surface area contributed by atoms with Crippen LogP contribution in [0.1, 0.15) is 0 Å². The molecule has 1 saturated heterocycles. The Balaban J connectivity index is 1.57. The Hall–Kier alpha value is -2.01. The molecule has 156 valence electrons. The average Bonchev–Trinajstić information content (AvgIpc) is 2.68. The predicted molar refractivity (Wildman–Crippen MR) is 111 cm³/mol. The molecule has 1 aliphatic heterocycles. The second kappa shape index (κ2) is 9.21. The number of nitrogens with one attached hydrogen (secondary N) is 1. The van der Waals surface area contributed by atoms with Gasteiger partial charge in [-0.05, 0) is 49.5 Å². The smallest absolute Gasteiger partial charge is 0.262 e. The number of hydrogen-bond acceptors (Lipinski definition) is 5. The molecule has 3 rings (SSSR count). The minimum atomic E-state index is -3.56. The minimum absolute atomic E-state index is 0.0306. The van der Waals surface area contributed by atoms with Crippen molar-refractivity contribution in [3.05, 3.63) is 52.8 Å². The van der Waals surface area contributed by atoms with Gasteiger partial charge in [-0.15, -0.1) is 0 Å². The van der Waals surface area contributed by atoms with Gasteiger partial charge in [0.1, 0.15) is 0 Å². The van der Waals surface area contributed by atoms with Gasteiger partial charge in [-0.1, -0.05) is 15.9 Å². The quantitative estimate of drug-likeness (QED) is 0.679. The maximum atomic E-state index is 13.7. The normalized spacial score (nSPS) is 15.8. The van der Waals surface area contributed by atoms with Crippen molar-refractivity contribution in [3.63, 3.8) is 0 Å². The van der Waals surface area contributed by atoms with E-state index in [4.69, 9.17) is 4.74 Å². The van der Waals surface area contributed by atoms with E-state index < -0.39 is 21.7 Å². The molecule has 1 fully saturated rings. The Kier molecular flexibility index (Phi) is 6.89. The number of carbonyl (C=O) groups excluding carboxylic acids is 1. The Morgan fingerprint density at radius 2 is 1.79 bits per heavy atom. The van der Waals surface area contributed by atoms with Crippen molar-refractivity contribution < 1.29 is 22.3 Å². The Morgan fingerprint density at radius 3 is 2.41 bits per heavy atom. The third-order valence-electron chi connectivity index (χ3n) is 4.49. The molecule has 0 aliphatic carbocycles. The molecule has 10 heteroatoms. The van der Waals surface area contributed by atoms with E-state index in [1.807, 2.05) is 7.05 Å². The van der Waals surface area contributed by atoms with Crippen LogP contribution in [0.2, 0.25) is 0 Å². The number of sulfonamides is 1. The number of halogens is 2. The zero-order valence-electron chi connectivity index (χ0n) is 15.8. The summed E-state index contributed by atoms with van der Waals surface area (Å²) in [4.78, 5) is 14.3. The maximum Gasteiger partial charge on any atom is 0.262 e. The van der Waals surface area contributed by atoms with Gasteiger partial charge in [-0.3, -0.25) is 4.79 Å². The summed E-state index contributed by atoms with van der Waals surface area (Å²) < 4.78 is 46.3. The fourth-order valence-corrected chi connectivity index (χ4v) is 4.58. The lowest BCUT2D eigenvalue weighted by Gasteiger charge is -2.31. The van der Waals surface area contributed by atoms with Gasteiger partial charge in [0, 0.05) is 36.3 Å². The number of nitrogens with zero attached hydrogens (tertiary/aromatic N) is 2. The van der Waals surface area contributed by atoms with Gasteiger partial charge in [0.05, 0.1) is 4.90 Å². The van der Waals surface area contributed by atoms with E-state index in [1.54, 1.807) is 6.07 Å². The van der Waals surface area contributed by atoms with E-state index in [-0.39, 0.29) is 17.3 Å². The number of piperazine rings is 1. The molecule has 1 amide bonds. The number of rotatable bonds is 6. The highest BCUT2D eigenvalue weighted by atomic mass is 79.9. The van der Waals surface area contributed by atoms with Gasteiger partial charge in [0.2, 0.25) is 10.0 Å². The van der Waals surface area contributed by atoms with Crippen LogP contribution >= 0.6 is 15.9 Å². The van der Waals surface area contributed by atoms with Crippen LogP contribution in [0.25, 0.3) is 0 Å². The van der Waals surface area contributed by atoms with Crippen LogP contribution < -0.4 is 10.1 Å². The summed E-state index contributed by atoms with van der Waals surface area (Å²) >= 11 is 3.15. The van der Waals surface area contributed by atoms with Crippen molar-refractivity contribution in [2.45, 2.75) is 4.90 Å². The fraction of sp³-hybridized carbons (Fsp3) is 0.316. The Morgan fingerprint density at radius 1 is 1.14 bits per heavy atom. The molecule has 2 aromatic carbocycles. The lowest BCUT2D eigenvalue weighted by molar-refractivity contribution is -0.118. The van der Waals surface area contributed by atoms with E-state index in [9.17, 15) is 17.6 Å². The van der Waals surface area contributed by atoms with Crippen LogP contribution in [0.4, 0.5) is 10.1 Å². The number of benzene rings is 2. The van der Waals surface area contributed by atoms with Gasteiger partial charge in [-0.25, -0.2) is 12.8 Å². The van der Waals surface area contributed by atoms with E-state index in [2.05, 4.69) is 26.1 Å². The molecule has 0 saturated carbocycles. The van der Waals surface area contributed by atoms with E-state index in [0.29, 0.717) is 36.3 Å². The van der Waals surface area contributed by atoms with E-state index in [1.165, 1.54) is 40.7 Å². The molecule has 1 heterocycles. The number of carbonyl (C=O) groups is 1. The van der Waals surface area contributed by atoms with Crippen LogP contribution in [0.3, 0.4) is 0 Å². The number of likely N-dealkylation sites (N-methyl/N-ethyl adjacent to an activating group) is 1. The predicted octanol–water partition coefficient (Wildman–Crippen LogP) is 2.54. The van der Waals surface area contributed by atoms with Crippen molar-refractivity contribution in [3.8, 4) is 5.75 Å². The molecule has 29 heavy (non-hydrogen) atoms. The molecule has 1 aliphatic rings. The molecular weight excluding hydrogens is 465 g/mol. The zero-order chi connectivity index (χ0) is 21.0. The average molecular weight is 486 g/mol. The molecule has 0 atom stereocenters. The molecule has 0 aromatic heterocycles. The summed E-state index contributed by atoms with van der Waals surface area (Å²) in [7, 11) is -1.61. The molecular formula is C19H21BrFN3O4S. The first-order valence-electron chi connectivity index (χ1n) is 8.92. The van der Waals surface area contributed by atoms with Gasteiger partial charge in [0.15, 0.2) is 18.2 Å². The highest BCUT2D eigenvalue weighted by Crippen LogP contribution is 2.22. The van der Waals surface area contributed by atoms with Crippen LogP contribution in [-0.2, 0) is 14.8 Å². The molecule has 1 N–H and O–H groups in total. The number of ether oxygens (including phenoxy) is 1. The summed E-state index contributed by atoms with van der Waals surface area (Å²) in [6.07, 6.45) is 0. The summed E-state index contributed by atoms with van der Waals surface area (Å²) in [5, 5.41) is 2.60. The third kappa shape index (κ3) is 5.53. The van der Waals surface area contributed by atoms with Crippen molar-refractivity contribution in [1.29, 1.82) is 0 Å². The standard InChI is InChI=1S/C19H21BrFN3O4S/c1-23-8-10-24(11-9-23)29(26,27)16-5-3-15(4-6-16)22-19(25)13-28-18-7-2-14(20)12-17(18)21/h2-7,12H,8-11,13H2,1H3,(H,22,25). The topological polar surface area (TPSA) is 79.0 Å². The van der Waals surface area contributed by atoms with Crippen LogP contribution in [-0.4, -0.2) is 63.4 Å². The number of anilines is 1. The SMILES string of the molecule is CN1CCN(S(=O)(=O)c2ccc(NC(=O)COc3ccc(Br)cc3F)cc2)CC1. The van der Waals surface area contributed by atoms with Crippen molar-refractivity contribution in [1.82, 2.24) is 9.21 Å². The van der Waals surface area contributed by atoms with Crippen LogP contribution in [0.15, 0.2) is 51.8 Å². The Bertz CT molecular complexity index is 977. The second-order valence-corrected chi connectivity index (χ2v) is 9.50. The monoisotopic (exact) mass is 485 g/mol.